The van der Waals surface area contributed by atoms with Gasteiger partial charge in [0.2, 0.25) is 0 Å². The van der Waals surface area contributed by atoms with Gasteiger partial charge in [-0.1, -0.05) is 176 Å². The van der Waals surface area contributed by atoms with Gasteiger partial charge < -0.3 is 4.42 Å². The highest BCUT2D eigenvalue weighted by atomic mass is 16.3. The van der Waals surface area contributed by atoms with Crippen LogP contribution in [0.5, 0.6) is 0 Å². The molecule has 0 aliphatic rings. The quantitative estimate of drug-likeness (QED) is 0.170. The normalized spacial score (nSPS) is 11.8. The van der Waals surface area contributed by atoms with Crippen LogP contribution in [0, 0.1) is 0 Å². The van der Waals surface area contributed by atoms with Gasteiger partial charge in [-0.2, -0.15) is 0 Å². The summed E-state index contributed by atoms with van der Waals surface area (Å²) >= 11 is 0. The molecule has 1 nitrogen and oxygen atoms in total. The molecule has 0 aliphatic carbocycles. The van der Waals surface area contributed by atoms with Crippen molar-refractivity contribution in [2.75, 3.05) is 0 Å². The predicted molar refractivity (Wildman–Crippen MR) is 225 cm³/mol. The molecule has 11 rings (SSSR count). The zero-order valence-corrected chi connectivity index (χ0v) is 28.9. The van der Waals surface area contributed by atoms with E-state index in [0.717, 1.165) is 33.1 Å². The van der Waals surface area contributed by atoms with Crippen LogP contribution in [-0.4, -0.2) is 0 Å². The van der Waals surface area contributed by atoms with Gasteiger partial charge in [0.15, 0.2) is 0 Å². The first-order valence-electron chi connectivity index (χ1n) is 18.3. The van der Waals surface area contributed by atoms with Crippen molar-refractivity contribution in [3.05, 3.63) is 194 Å². The van der Waals surface area contributed by atoms with E-state index < -0.39 is 0 Å². The van der Waals surface area contributed by atoms with Crippen molar-refractivity contribution in [1.29, 1.82) is 0 Å². The standard InChI is InChI=1S/C52H32O/c1-2-13-37-31-39(28-23-33(37)11-1)51-45-18-6-5-17-44(45)50(46-30-29-38(32-48(46)51)41-19-9-14-34-12-3-4-15-40(34)41)36-26-24-35(25-27-36)42-20-10-21-47-43-16-7-8-22-49(43)53-52(42)47/h1-32H. The van der Waals surface area contributed by atoms with Gasteiger partial charge in [-0.25, -0.2) is 0 Å². The van der Waals surface area contributed by atoms with Crippen LogP contribution in [0.4, 0.5) is 0 Å². The Hall–Kier alpha value is -6.96. The zero-order valence-electron chi connectivity index (χ0n) is 28.9. The molecule has 0 unspecified atom stereocenters. The number of hydrogen-bond donors (Lipinski definition) is 0. The molecule has 0 N–H and O–H groups in total. The lowest BCUT2D eigenvalue weighted by atomic mass is 9.84. The number of para-hydroxylation sites is 2. The summed E-state index contributed by atoms with van der Waals surface area (Å²) in [6, 6.07) is 70.7. The van der Waals surface area contributed by atoms with E-state index in [2.05, 4.69) is 182 Å². The summed E-state index contributed by atoms with van der Waals surface area (Å²) in [6.45, 7) is 0. The van der Waals surface area contributed by atoms with E-state index in [1.807, 2.05) is 12.1 Å². The van der Waals surface area contributed by atoms with Gasteiger partial charge >= 0.3 is 0 Å². The van der Waals surface area contributed by atoms with Crippen LogP contribution in [0.1, 0.15) is 0 Å². The highest BCUT2D eigenvalue weighted by Crippen LogP contribution is 2.46. The minimum atomic E-state index is 0.916. The van der Waals surface area contributed by atoms with E-state index in [9.17, 15) is 0 Å². The van der Waals surface area contributed by atoms with Crippen LogP contribution in [0.15, 0.2) is 199 Å². The molecule has 0 spiro atoms. The van der Waals surface area contributed by atoms with E-state index in [1.54, 1.807) is 0 Å². The third-order valence-corrected chi connectivity index (χ3v) is 11.1. The lowest BCUT2D eigenvalue weighted by molar-refractivity contribution is 0.670. The van der Waals surface area contributed by atoms with Crippen molar-refractivity contribution in [2.24, 2.45) is 0 Å². The highest BCUT2D eigenvalue weighted by Gasteiger charge is 2.19. The van der Waals surface area contributed by atoms with Gasteiger partial charge in [0, 0.05) is 16.3 Å². The predicted octanol–water partition coefficient (Wildman–Crippen LogP) is 14.9. The molecule has 10 aromatic carbocycles. The minimum absolute atomic E-state index is 0.916. The Balaban J connectivity index is 1.16. The van der Waals surface area contributed by atoms with Gasteiger partial charge in [-0.15, -0.1) is 0 Å². The van der Waals surface area contributed by atoms with E-state index >= 15 is 0 Å². The van der Waals surface area contributed by atoms with E-state index in [-0.39, 0.29) is 0 Å². The number of hydrogen-bond acceptors (Lipinski definition) is 1. The Bertz CT molecular complexity index is 3210. The van der Waals surface area contributed by atoms with E-state index in [1.165, 1.54) is 76.5 Å². The smallest absolute Gasteiger partial charge is 0.143 e. The molecule has 0 aliphatic heterocycles. The molecule has 246 valence electrons. The topological polar surface area (TPSA) is 13.1 Å². The van der Waals surface area contributed by atoms with Crippen LogP contribution >= 0.6 is 0 Å². The van der Waals surface area contributed by atoms with Crippen molar-refractivity contribution in [2.45, 2.75) is 0 Å². The van der Waals surface area contributed by atoms with Gasteiger partial charge in [-0.3, -0.25) is 0 Å². The Morgan fingerprint density at radius 2 is 0.811 bits per heavy atom. The first-order valence-corrected chi connectivity index (χ1v) is 18.3. The second-order valence-electron chi connectivity index (χ2n) is 14.0. The van der Waals surface area contributed by atoms with Crippen molar-refractivity contribution in [3.8, 4) is 44.5 Å². The fourth-order valence-corrected chi connectivity index (χ4v) is 8.58. The van der Waals surface area contributed by atoms with Crippen molar-refractivity contribution < 1.29 is 4.42 Å². The van der Waals surface area contributed by atoms with E-state index in [0.29, 0.717) is 0 Å². The summed E-state index contributed by atoms with van der Waals surface area (Å²) in [4.78, 5) is 0. The zero-order chi connectivity index (χ0) is 34.9. The van der Waals surface area contributed by atoms with E-state index in [4.69, 9.17) is 4.42 Å². The Morgan fingerprint density at radius 3 is 1.64 bits per heavy atom. The van der Waals surface area contributed by atoms with Crippen molar-refractivity contribution in [1.82, 2.24) is 0 Å². The number of rotatable bonds is 4. The average Bonchev–Trinajstić information content (AvgIpc) is 3.61. The van der Waals surface area contributed by atoms with Crippen molar-refractivity contribution >= 4 is 65.0 Å². The molecular weight excluding hydrogens is 641 g/mol. The Labute approximate surface area is 307 Å². The highest BCUT2D eigenvalue weighted by molar-refractivity contribution is 6.22. The summed E-state index contributed by atoms with van der Waals surface area (Å²) in [5, 5.41) is 12.3. The van der Waals surface area contributed by atoms with Gasteiger partial charge in [0.25, 0.3) is 0 Å². The molecule has 11 aromatic rings. The maximum Gasteiger partial charge on any atom is 0.143 e. The lowest BCUT2D eigenvalue weighted by Gasteiger charge is -2.19. The minimum Gasteiger partial charge on any atom is -0.455 e. The molecule has 0 saturated carbocycles. The first-order chi connectivity index (χ1) is 26.3. The van der Waals surface area contributed by atoms with Crippen LogP contribution in [0.25, 0.3) is 110 Å². The molecule has 0 bridgehead atoms. The van der Waals surface area contributed by atoms with Crippen LogP contribution < -0.4 is 0 Å². The van der Waals surface area contributed by atoms with Gasteiger partial charge in [-0.05, 0) is 100 Å². The number of benzene rings is 10. The fourth-order valence-electron chi connectivity index (χ4n) is 8.58. The average molecular weight is 673 g/mol. The van der Waals surface area contributed by atoms with Crippen molar-refractivity contribution in [3.63, 3.8) is 0 Å². The molecule has 0 fully saturated rings. The summed E-state index contributed by atoms with van der Waals surface area (Å²) in [6.07, 6.45) is 0. The third kappa shape index (κ3) is 4.71. The van der Waals surface area contributed by atoms with Crippen LogP contribution in [0.2, 0.25) is 0 Å². The summed E-state index contributed by atoms with van der Waals surface area (Å²) in [7, 11) is 0. The second kappa shape index (κ2) is 11.8. The summed E-state index contributed by atoms with van der Waals surface area (Å²) in [5.41, 5.74) is 11.5. The summed E-state index contributed by atoms with van der Waals surface area (Å²) in [5.74, 6) is 0. The largest absolute Gasteiger partial charge is 0.455 e. The van der Waals surface area contributed by atoms with Crippen LogP contribution in [-0.2, 0) is 0 Å². The van der Waals surface area contributed by atoms with Gasteiger partial charge in [0.1, 0.15) is 11.2 Å². The number of fused-ring (bicyclic) bond motifs is 7. The molecular formula is C52H32O. The third-order valence-electron chi connectivity index (χ3n) is 11.1. The number of furan rings is 1. The Kier molecular flexibility index (Phi) is 6.62. The molecule has 0 saturated heterocycles. The maximum absolute atomic E-state index is 6.42. The molecule has 0 amide bonds. The molecule has 53 heavy (non-hydrogen) atoms. The molecule has 1 heteroatoms. The van der Waals surface area contributed by atoms with Crippen LogP contribution in [0.3, 0.4) is 0 Å². The molecule has 0 radical (unpaired) electrons. The first kappa shape index (κ1) is 29.7. The second-order valence-corrected chi connectivity index (χ2v) is 14.0. The Morgan fingerprint density at radius 1 is 0.264 bits per heavy atom. The molecule has 1 aromatic heterocycles. The lowest BCUT2D eigenvalue weighted by Crippen LogP contribution is -1.92. The summed E-state index contributed by atoms with van der Waals surface area (Å²) < 4.78 is 6.42. The SMILES string of the molecule is c1ccc2cc(-c3c4ccccc4c(-c4ccc(-c5cccc6c5oc5ccccc56)cc4)c4ccc(-c5cccc6ccccc56)cc34)ccc2c1. The van der Waals surface area contributed by atoms with Gasteiger partial charge in [0.05, 0.1) is 0 Å². The fraction of sp³-hybridized carbons (Fsp3) is 0. The molecule has 0 atom stereocenters. The maximum atomic E-state index is 6.42. The molecule has 1 heterocycles. The monoisotopic (exact) mass is 672 g/mol.